The first-order valence-electron chi connectivity index (χ1n) is 5.25. The Morgan fingerprint density at radius 3 is 2.87 bits per heavy atom. The summed E-state index contributed by atoms with van der Waals surface area (Å²) in [4.78, 5) is 11.2. The zero-order valence-electron chi connectivity index (χ0n) is 8.95. The quantitative estimate of drug-likeness (QED) is 0.674. The first kappa shape index (κ1) is 12.4. The van der Waals surface area contributed by atoms with E-state index in [2.05, 4.69) is 10.6 Å². The standard InChI is InChI=1S/C9H18N2O3S/c1-2-3-9(12)11-7-8-6-10-4-5-15(8,13)14/h8,10H,2-7H2,1H3,(H,11,12). The minimum absolute atomic E-state index is 0.0710. The molecule has 88 valence electrons. The number of nitrogens with one attached hydrogen (secondary N) is 2. The van der Waals surface area contributed by atoms with Gasteiger partial charge in [-0.1, -0.05) is 6.92 Å². The van der Waals surface area contributed by atoms with Gasteiger partial charge >= 0.3 is 0 Å². The lowest BCUT2D eigenvalue weighted by atomic mass is 10.3. The molecule has 1 heterocycles. The number of hydrogen-bond acceptors (Lipinski definition) is 4. The van der Waals surface area contributed by atoms with Crippen LogP contribution in [0.2, 0.25) is 0 Å². The molecule has 0 aliphatic carbocycles. The smallest absolute Gasteiger partial charge is 0.220 e. The van der Waals surface area contributed by atoms with Gasteiger partial charge in [0.1, 0.15) is 0 Å². The average Bonchev–Trinajstić information content (AvgIpc) is 2.16. The molecule has 0 bridgehead atoms. The van der Waals surface area contributed by atoms with Crippen molar-refractivity contribution < 1.29 is 13.2 Å². The third-order valence-corrected chi connectivity index (χ3v) is 4.57. The van der Waals surface area contributed by atoms with Gasteiger partial charge in [0, 0.05) is 26.1 Å². The lowest BCUT2D eigenvalue weighted by Crippen LogP contribution is -2.49. The van der Waals surface area contributed by atoms with E-state index in [0.717, 1.165) is 6.42 Å². The van der Waals surface area contributed by atoms with Crippen LogP contribution in [0.4, 0.5) is 0 Å². The molecule has 5 nitrogen and oxygen atoms in total. The summed E-state index contributed by atoms with van der Waals surface area (Å²) in [6.45, 7) is 3.10. The van der Waals surface area contributed by atoms with E-state index in [9.17, 15) is 13.2 Å². The van der Waals surface area contributed by atoms with Crippen LogP contribution in [-0.4, -0.2) is 45.0 Å². The van der Waals surface area contributed by atoms with Crippen LogP contribution in [-0.2, 0) is 14.6 Å². The summed E-state index contributed by atoms with van der Waals surface area (Å²) in [5, 5.41) is 5.20. The molecule has 1 saturated heterocycles. The maximum absolute atomic E-state index is 11.6. The SMILES string of the molecule is CCCC(=O)NCC1CNCCS1(=O)=O. The molecule has 1 aliphatic rings. The van der Waals surface area contributed by atoms with Gasteiger partial charge in [0.15, 0.2) is 9.84 Å². The Bertz CT molecular complexity index is 313. The summed E-state index contributed by atoms with van der Waals surface area (Å²) in [5.41, 5.74) is 0. The topological polar surface area (TPSA) is 75.3 Å². The van der Waals surface area contributed by atoms with Crippen LogP contribution in [0.15, 0.2) is 0 Å². The van der Waals surface area contributed by atoms with Crippen molar-refractivity contribution in [2.45, 2.75) is 25.0 Å². The maximum Gasteiger partial charge on any atom is 0.220 e. The highest BCUT2D eigenvalue weighted by Gasteiger charge is 2.28. The second kappa shape index (κ2) is 5.46. The van der Waals surface area contributed by atoms with Crippen molar-refractivity contribution in [1.29, 1.82) is 0 Å². The van der Waals surface area contributed by atoms with Crippen molar-refractivity contribution in [2.24, 2.45) is 0 Å². The Labute approximate surface area is 90.5 Å². The van der Waals surface area contributed by atoms with E-state index < -0.39 is 15.1 Å². The Hall–Kier alpha value is -0.620. The van der Waals surface area contributed by atoms with Crippen molar-refractivity contribution in [2.75, 3.05) is 25.4 Å². The maximum atomic E-state index is 11.6. The summed E-state index contributed by atoms with van der Waals surface area (Å²) in [7, 11) is -3.01. The molecule has 6 heteroatoms. The lowest BCUT2D eigenvalue weighted by molar-refractivity contribution is -0.121. The van der Waals surface area contributed by atoms with Crippen molar-refractivity contribution in [1.82, 2.24) is 10.6 Å². The molecule has 1 amide bonds. The highest BCUT2D eigenvalue weighted by atomic mass is 32.2. The van der Waals surface area contributed by atoms with E-state index in [-0.39, 0.29) is 18.2 Å². The van der Waals surface area contributed by atoms with Gasteiger partial charge in [-0.05, 0) is 6.42 Å². The molecule has 0 saturated carbocycles. The molecule has 1 aliphatic heterocycles. The molecule has 1 atom stereocenters. The Morgan fingerprint density at radius 1 is 1.53 bits per heavy atom. The van der Waals surface area contributed by atoms with Crippen LogP contribution >= 0.6 is 0 Å². The van der Waals surface area contributed by atoms with E-state index in [1.54, 1.807) is 0 Å². The Morgan fingerprint density at radius 2 is 2.27 bits per heavy atom. The van der Waals surface area contributed by atoms with Crippen LogP contribution in [0.3, 0.4) is 0 Å². The molecule has 0 spiro atoms. The Kier molecular flexibility index (Phi) is 4.53. The predicted molar refractivity (Wildman–Crippen MR) is 58.4 cm³/mol. The molecule has 0 radical (unpaired) electrons. The number of amides is 1. The molecule has 0 aromatic heterocycles. The number of carbonyl (C=O) groups is 1. The normalized spacial score (nSPS) is 24.7. The van der Waals surface area contributed by atoms with Gasteiger partial charge in [-0.15, -0.1) is 0 Å². The van der Waals surface area contributed by atoms with Crippen LogP contribution in [0.25, 0.3) is 0 Å². The van der Waals surface area contributed by atoms with Gasteiger partial charge in [0.05, 0.1) is 11.0 Å². The molecule has 1 unspecified atom stereocenters. The predicted octanol–water partition coefficient (Wildman–Crippen LogP) is -0.711. The second-order valence-corrected chi connectivity index (χ2v) is 6.15. The number of hydrogen-bond donors (Lipinski definition) is 2. The number of carbonyl (C=O) groups excluding carboxylic acids is 1. The highest BCUT2D eigenvalue weighted by molar-refractivity contribution is 7.92. The fourth-order valence-electron chi connectivity index (χ4n) is 1.51. The molecule has 1 rings (SSSR count). The first-order chi connectivity index (χ1) is 7.06. The molecule has 0 aromatic rings. The average molecular weight is 234 g/mol. The lowest BCUT2D eigenvalue weighted by Gasteiger charge is -2.23. The summed E-state index contributed by atoms with van der Waals surface area (Å²) < 4.78 is 23.1. The highest BCUT2D eigenvalue weighted by Crippen LogP contribution is 2.04. The minimum atomic E-state index is -3.01. The zero-order chi connectivity index (χ0) is 11.3. The number of sulfone groups is 1. The van der Waals surface area contributed by atoms with E-state index in [1.165, 1.54) is 0 Å². The molecule has 0 aromatic carbocycles. The molecule has 15 heavy (non-hydrogen) atoms. The fourth-order valence-corrected chi connectivity index (χ4v) is 2.98. The summed E-state index contributed by atoms with van der Waals surface area (Å²) in [5.74, 6) is 0.0969. The first-order valence-corrected chi connectivity index (χ1v) is 6.97. The van der Waals surface area contributed by atoms with Crippen LogP contribution in [0.5, 0.6) is 0 Å². The van der Waals surface area contributed by atoms with E-state index in [1.807, 2.05) is 6.92 Å². The summed E-state index contributed by atoms with van der Waals surface area (Å²) in [6.07, 6.45) is 1.24. The van der Waals surface area contributed by atoms with Crippen molar-refractivity contribution in [3.63, 3.8) is 0 Å². The fraction of sp³-hybridized carbons (Fsp3) is 0.889. The second-order valence-electron chi connectivity index (χ2n) is 3.75. The van der Waals surface area contributed by atoms with Crippen LogP contribution in [0.1, 0.15) is 19.8 Å². The van der Waals surface area contributed by atoms with Gasteiger partial charge in [0.25, 0.3) is 0 Å². The minimum Gasteiger partial charge on any atom is -0.355 e. The summed E-state index contributed by atoms with van der Waals surface area (Å²) in [6, 6.07) is 0. The third kappa shape index (κ3) is 3.79. The third-order valence-electron chi connectivity index (χ3n) is 2.45. The van der Waals surface area contributed by atoms with E-state index >= 15 is 0 Å². The summed E-state index contributed by atoms with van der Waals surface area (Å²) >= 11 is 0. The monoisotopic (exact) mass is 234 g/mol. The van der Waals surface area contributed by atoms with Gasteiger partial charge in [-0.3, -0.25) is 4.79 Å². The van der Waals surface area contributed by atoms with Crippen molar-refractivity contribution >= 4 is 15.7 Å². The van der Waals surface area contributed by atoms with Crippen LogP contribution in [0, 0.1) is 0 Å². The molecular weight excluding hydrogens is 216 g/mol. The van der Waals surface area contributed by atoms with Gasteiger partial charge in [-0.2, -0.15) is 0 Å². The number of rotatable bonds is 4. The van der Waals surface area contributed by atoms with Gasteiger partial charge < -0.3 is 10.6 Å². The Balaban J connectivity index is 2.40. The molecular formula is C9H18N2O3S. The largest absolute Gasteiger partial charge is 0.355 e. The molecule has 1 fully saturated rings. The van der Waals surface area contributed by atoms with Gasteiger partial charge in [-0.25, -0.2) is 8.42 Å². The van der Waals surface area contributed by atoms with E-state index in [0.29, 0.717) is 19.5 Å². The van der Waals surface area contributed by atoms with Crippen molar-refractivity contribution in [3.05, 3.63) is 0 Å². The van der Waals surface area contributed by atoms with Crippen LogP contribution < -0.4 is 10.6 Å². The zero-order valence-corrected chi connectivity index (χ0v) is 9.77. The van der Waals surface area contributed by atoms with E-state index in [4.69, 9.17) is 0 Å². The molecule has 2 N–H and O–H groups in total. The van der Waals surface area contributed by atoms with Crippen molar-refractivity contribution in [3.8, 4) is 0 Å². The van der Waals surface area contributed by atoms with Gasteiger partial charge in [0.2, 0.25) is 5.91 Å².